The number of fused-ring (bicyclic) bond motifs is 1. The van der Waals surface area contributed by atoms with Crippen LogP contribution in [0, 0.1) is 5.82 Å². The van der Waals surface area contributed by atoms with Crippen LogP contribution in [0.15, 0.2) is 53.3 Å². The third-order valence-corrected chi connectivity index (χ3v) is 3.09. The first kappa shape index (κ1) is 12.0. The zero-order valence-corrected chi connectivity index (χ0v) is 11.4. The molecule has 94 valence electrons. The number of benzene rings is 1. The fourth-order valence-corrected chi connectivity index (χ4v) is 2.09. The first-order valence-electron chi connectivity index (χ1n) is 5.65. The minimum absolute atomic E-state index is 0.181. The van der Waals surface area contributed by atoms with Crippen LogP contribution in [0.2, 0.25) is 0 Å². The highest BCUT2D eigenvalue weighted by Crippen LogP contribution is 2.22. The number of nitrogens with zero attached hydrogens (tertiary/aromatic N) is 2. The number of hydrogen-bond acceptors (Lipinski definition) is 3. The fourth-order valence-electron chi connectivity index (χ4n) is 1.78. The third-order valence-electron chi connectivity index (χ3n) is 2.66. The van der Waals surface area contributed by atoms with Crippen molar-refractivity contribution < 1.29 is 4.39 Å². The molecule has 0 aliphatic heterocycles. The van der Waals surface area contributed by atoms with Gasteiger partial charge < -0.3 is 5.32 Å². The number of pyridine rings is 2. The van der Waals surface area contributed by atoms with Crippen LogP contribution in [-0.4, -0.2) is 9.97 Å². The normalized spacial score (nSPS) is 10.6. The van der Waals surface area contributed by atoms with Gasteiger partial charge in [-0.1, -0.05) is 18.2 Å². The first-order valence-corrected chi connectivity index (χ1v) is 6.44. The zero-order chi connectivity index (χ0) is 13.2. The lowest BCUT2D eigenvalue weighted by molar-refractivity contribution is 0.625. The summed E-state index contributed by atoms with van der Waals surface area (Å²) in [5.41, 5.74) is 1.60. The van der Waals surface area contributed by atoms with Gasteiger partial charge >= 0.3 is 0 Å². The highest BCUT2D eigenvalue weighted by atomic mass is 79.9. The third kappa shape index (κ3) is 2.56. The van der Waals surface area contributed by atoms with Crippen LogP contribution in [0.25, 0.3) is 10.9 Å². The van der Waals surface area contributed by atoms with Gasteiger partial charge in [0.2, 0.25) is 0 Å². The Labute approximate surface area is 117 Å². The second-order valence-corrected chi connectivity index (χ2v) is 4.94. The standard InChI is InChI=1S/C14H9BrFN3/c15-10-6-12(16)14(18-7-10)19-11-5-9-3-1-2-4-13(9)17-8-11/h1-8H,(H,18,19). The molecule has 1 N–H and O–H groups in total. The molecule has 0 amide bonds. The zero-order valence-electron chi connectivity index (χ0n) is 9.77. The number of anilines is 2. The molecule has 0 aliphatic rings. The topological polar surface area (TPSA) is 37.8 Å². The van der Waals surface area contributed by atoms with Crippen LogP contribution in [0.5, 0.6) is 0 Å². The van der Waals surface area contributed by atoms with Crippen molar-refractivity contribution in [3.63, 3.8) is 0 Å². The molecule has 2 aromatic heterocycles. The number of aromatic nitrogens is 2. The Balaban J connectivity index is 1.96. The van der Waals surface area contributed by atoms with Crippen LogP contribution in [0.1, 0.15) is 0 Å². The Hall–Kier alpha value is -2.01. The molecule has 19 heavy (non-hydrogen) atoms. The number of para-hydroxylation sites is 1. The predicted molar refractivity (Wildman–Crippen MR) is 76.9 cm³/mol. The number of halogens is 2. The Morgan fingerprint density at radius 3 is 2.74 bits per heavy atom. The largest absolute Gasteiger partial charge is 0.337 e. The molecule has 0 saturated carbocycles. The van der Waals surface area contributed by atoms with Gasteiger partial charge in [-0.25, -0.2) is 9.37 Å². The lowest BCUT2D eigenvalue weighted by atomic mass is 10.2. The average molecular weight is 318 g/mol. The van der Waals surface area contributed by atoms with Gasteiger partial charge in [-0.3, -0.25) is 4.98 Å². The first-order chi connectivity index (χ1) is 9.22. The predicted octanol–water partition coefficient (Wildman–Crippen LogP) is 4.28. The molecular formula is C14H9BrFN3. The van der Waals surface area contributed by atoms with E-state index in [0.717, 1.165) is 10.9 Å². The monoisotopic (exact) mass is 317 g/mol. The van der Waals surface area contributed by atoms with E-state index in [2.05, 4.69) is 31.2 Å². The van der Waals surface area contributed by atoms with Crippen molar-refractivity contribution in [3.05, 3.63) is 59.1 Å². The number of nitrogens with one attached hydrogen (secondary N) is 1. The van der Waals surface area contributed by atoms with Crippen LogP contribution in [0.4, 0.5) is 15.9 Å². The average Bonchev–Trinajstić information content (AvgIpc) is 2.42. The van der Waals surface area contributed by atoms with Crippen molar-refractivity contribution in [2.45, 2.75) is 0 Å². The van der Waals surface area contributed by atoms with Crippen molar-refractivity contribution >= 4 is 38.3 Å². The molecule has 1 aromatic carbocycles. The van der Waals surface area contributed by atoms with Gasteiger partial charge in [0.1, 0.15) is 0 Å². The summed E-state index contributed by atoms with van der Waals surface area (Å²) in [6.07, 6.45) is 3.20. The van der Waals surface area contributed by atoms with Gasteiger partial charge in [0.05, 0.1) is 17.4 Å². The summed E-state index contributed by atoms with van der Waals surface area (Å²) >= 11 is 3.17. The maximum absolute atomic E-state index is 13.7. The number of rotatable bonds is 2. The summed E-state index contributed by atoms with van der Waals surface area (Å²) in [5.74, 6) is -0.234. The molecule has 0 bridgehead atoms. The van der Waals surface area contributed by atoms with Crippen molar-refractivity contribution in [1.82, 2.24) is 9.97 Å². The molecule has 3 aromatic rings. The van der Waals surface area contributed by atoms with E-state index in [9.17, 15) is 4.39 Å². The van der Waals surface area contributed by atoms with Crippen LogP contribution in [-0.2, 0) is 0 Å². The van der Waals surface area contributed by atoms with Gasteiger partial charge in [0, 0.05) is 16.1 Å². The molecule has 0 radical (unpaired) electrons. The Morgan fingerprint density at radius 1 is 1.05 bits per heavy atom. The van der Waals surface area contributed by atoms with E-state index in [1.807, 2.05) is 30.3 Å². The van der Waals surface area contributed by atoms with Crippen molar-refractivity contribution in [1.29, 1.82) is 0 Å². The van der Waals surface area contributed by atoms with Crippen LogP contribution < -0.4 is 5.32 Å². The second kappa shape index (κ2) is 4.93. The second-order valence-electron chi connectivity index (χ2n) is 4.03. The van der Waals surface area contributed by atoms with Gasteiger partial charge in [-0.15, -0.1) is 0 Å². The molecule has 2 heterocycles. The van der Waals surface area contributed by atoms with Crippen molar-refractivity contribution in [3.8, 4) is 0 Å². The van der Waals surface area contributed by atoms with E-state index in [-0.39, 0.29) is 5.82 Å². The molecule has 0 aliphatic carbocycles. The smallest absolute Gasteiger partial charge is 0.166 e. The van der Waals surface area contributed by atoms with E-state index in [4.69, 9.17) is 0 Å². The molecule has 5 heteroatoms. The maximum atomic E-state index is 13.7. The quantitative estimate of drug-likeness (QED) is 0.766. The molecular weight excluding hydrogens is 309 g/mol. The SMILES string of the molecule is Fc1cc(Br)cnc1Nc1cnc2ccccc2c1. The van der Waals surface area contributed by atoms with Gasteiger partial charge in [0.15, 0.2) is 11.6 Å². The minimum Gasteiger partial charge on any atom is -0.337 e. The van der Waals surface area contributed by atoms with Gasteiger partial charge in [-0.2, -0.15) is 0 Å². The van der Waals surface area contributed by atoms with Crippen LogP contribution >= 0.6 is 15.9 Å². The fraction of sp³-hybridized carbons (Fsp3) is 0. The van der Waals surface area contributed by atoms with E-state index >= 15 is 0 Å². The molecule has 0 atom stereocenters. The molecule has 0 fully saturated rings. The van der Waals surface area contributed by atoms with Gasteiger partial charge in [0.25, 0.3) is 0 Å². The highest BCUT2D eigenvalue weighted by Gasteiger charge is 2.05. The Morgan fingerprint density at radius 2 is 1.89 bits per heavy atom. The van der Waals surface area contributed by atoms with E-state index < -0.39 is 5.82 Å². The lowest BCUT2D eigenvalue weighted by Crippen LogP contribution is -1.97. The molecule has 0 unspecified atom stereocenters. The van der Waals surface area contributed by atoms with Gasteiger partial charge in [-0.05, 0) is 34.1 Å². The molecule has 0 spiro atoms. The summed E-state index contributed by atoms with van der Waals surface area (Å²) in [7, 11) is 0. The number of hydrogen-bond donors (Lipinski definition) is 1. The van der Waals surface area contributed by atoms with E-state index in [1.54, 1.807) is 12.4 Å². The van der Waals surface area contributed by atoms with E-state index in [0.29, 0.717) is 10.2 Å². The summed E-state index contributed by atoms with van der Waals surface area (Å²) in [6, 6.07) is 11.0. The van der Waals surface area contributed by atoms with E-state index in [1.165, 1.54) is 6.07 Å². The molecule has 0 saturated heterocycles. The minimum atomic E-state index is -0.414. The summed E-state index contributed by atoms with van der Waals surface area (Å²) in [4.78, 5) is 8.29. The van der Waals surface area contributed by atoms with Crippen molar-refractivity contribution in [2.24, 2.45) is 0 Å². The van der Waals surface area contributed by atoms with Crippen LogP contribution in [0.3, 0.4) is 0 Å². The summed E-state index contributed by atoms with van der Waals surface area (Å²) < 4.78 is 14.3. The lowest BCUT2D eigenvalue weighted by Gasteiger charge is -2.07. The Kier molecular flexibility index (Phi) is 3.13. The maximum Gasteiger partial charge on any atom is 0.166 e. The summed E-state index contributed by atoms with van der Waals surface area (Å²) in [6.45, 7) is 0. The summed E-state index contributed by atoms with van der Waals surface area (Å²) in [5, 5.41) is 3.91. The molecule has 3 rings (SSSR count). The highest BCUT2D eigenvalue weighted by molar-refractivity contribution is 9.10. The van der Waals surface area contributed by atoms with Crippen molar-refractivity contribution in [2.75, 3.05) is 5.32 Å². The Bertz CT molecular complexity index is 746. The molecule has 3 nitrogen and oxygen atoms in total.